The van der Waals surface area contributed by atoms with Crippen LogP contribution < -0.4 is 5.43 Å². The number of benzene rings is 2. The lowest BCUT2D eigenvalue weighted by Crippen LogP contribution is -2.08. The lowest BCUT2D eigenvalue weighted by atomic mass is 10.2. The Morgan fingerprint density at radius 2 is 1.70 bits per heavy atom. The van der Waals surface area contributed by atoms with Crippen molar-refractivity contribution in [1.82, 2.24) is 15.2 Å². The molecule has 0 aliphatic carbocycles. The first-order valence-corrected chi connectivity index (χ1v) is 7.50. The fraction of sp³-hybridized carbons (Fsp3) is 0.111. The molecule has 0 bridgehead atoms. The molecule has 1 aromatic heterocycles. The Hall–Kier alpha value is -3.08. The molecule has 0 saturated carbocycles. The summed E-state index contributed by atoms with van der Waals surface area (Å²) >= 11 is 0. The van der Waals surface area contributed by atoms with Crippen LogP contribution >= 0.6 is 0 Å². The molecule has 0 fully saturated rings. The third kappa shape index (κ3) is 3.77. The summed E-state index contributed by atoms with van der Waals surface area (Å²) in [5, 5.41) is 12.6. The maximum absolute atomic E-state index is 4.58. The molecular weight excluding hydrogens is 286 g/mol. The third-order valence-electron chi connectivity index (χ3n) is 3.32. The van der Waals surface area contributed by atoms with Crippen molar-refractivity contribution >= 4 is 11.4 Å². The van der Waals surface area contributed by atoms with E-state index in [2.05, 4.69) is 25.7 Å². The molecule has 1 N–H and O–H groups in total. The fourth-order valence-corrected chi connectivity index (χ4v) is 2.11. The summed E-state index contributed by atoms with van der Waals surface area (Å²) < 4.78 is 0. The van der Waals surface area contributed by atoms with Crippen molar-refractivity contribution in [2.75, 3.05) is 5.43 Å². The number of hydrogen-bond donors (Lipinski definition) is 1. The first-order chi connectivity index (χ1) is 11.4. The van der Waals surface area contributed by atoms with E-state index in [0.717, 1.165) is 29.1 Å². The summed E-state index contributed by atoms with van der Waals surface area (Å²) in [6.45, 7) is 2.04. The van der Waals surface area contributed by atoms with E-state index in [9.17, 15) is 0 Å². The molecule has 0 saturated heterocycles. The van der Waals surface area contributed by atoms with Crippen molar-refractivity contribution < 1.29 is 0 Å². The maximum atomic E-state index is 4.58. The Kier molecular flexibility index (Phi) is 4.69. The molecule has 0 aliphatic heterocycles. The first kappa shape index (κ1) is 14.8. The monoisotopic (exact) mass is 303 g/mol. The molecule has 114 valence electrons. The van der Waals surface area contributed by atoms with Gasteiger partial charge in [0.05, 0.1) is 17.6 Å². The zero-order valence-corrected chi connectivity index (χ0v) is 12.8. The molecule has 0 radical (unpaired) electrons. The predicted octanol–water partition coefficient (Wildman–Crippen LogP) is 3.76. The largest absolute Gasteiger partial charge is 0.278 e. The molecule has 5 heteroatoms. The van der Waals surface area contributed by atoms with Crippen LogP contribution in [0, 0.1) is 0 Å². The minimum absolute atomic E-state index is 0.601. The standard InChI is InChI=1S/C18H17N5/c1-2-16(22-21-15-11-7-4-8-12-15)17-13-19-23-18(20-17)14-9-5-3-6-10-14/h3-13,21H,2H2,1H3/b22-16+. The molecule has 23 heavy (non-hydrogen) atoms. The summed E-state index contributed by atoms with van der Waals surface area (Å²) in [6.07, 6.45) is 2.38. The molecule has 3 rings (SSSR count). The van der Waals surface area contributed by atoms with Crippen LogP contribution in [0.15, 0.2) is 72.0 Å². The van der Waals surface area contributed by atoms with Crippen LogP contribution in [0.1, 0.15) is 19.0 Å². The number of hydrogen-bond acceptors (Lipinski definition) is 5. The Bertz CT molecular complexity index is 785. The van der Waals surface area contributed by atoms with Crippen LogP contribution in [0.5, 0.6) is 0 Å². The molecule has 5 nitrogen and oxygen atoms in total. The van der Waals surface area contributed by atoms with E-state index < -0.39 is 0 Å². The lowest BCUT2D eigenvalue weighted by Gasteiger charge is -2.06. The summed E-state index contributed by atoms with van der Waals surface area (Å²) in [5.41, 5.74) is 6.49. The van der Waals surface area contributed by atoms with Crippen LogP contribution in [0.4, 0.5) is 5.69 Å². The van der Waals surface area contributed by atoms with E-state index in [1.54, 1.807) is 6.20 Å². The van der Waals surface area contributed by atoms with Gasteiger partial charge in [-0.1, -0.05) is 55.5 Å². The maximum Gasteiger partial charge on any atom is 0.182 e. The number of para-hydroxylation sites is 1. The summed E-state index contributed by atoms with van der Waals surface area (Å²) in [7, 11) is 0. The zero-order valence-electron chi connectivity index (χ0n) is 12.8. The van der Waals surface area contributed by atoms with Crippen molar-refractivity contribution in [3.05, 3.63) is 72.6 Å². The van der Waals surface area contributed by atoms with Crippen LogP contribution in [-0.4, -0.2) is 20.9 Å². The van der Waals surface area contributed by atoms with Crippen LogP contribution in [0.2, 0.25) is 0 Å². The van der Waals surface area contributed by atoms with Crippen molar-refractivity contribution in [2.24, 2.45) is 5.10 Å². The molecular formula is C18H17N5. The Morgan fingerprint density at radius 3 is 2.39 bits per heavy atom. The van der Waals surface area contributed by atoms with E-state index in [-0.39, 0.29) is 0 Å². The number of anilines is 1. The van der Waals surface area contributed by atoms with Gasteiger partial charge in [-0.25, -0.2) is 4.98 Å². The van der Waals surface area contributed by atoms with Gasteiger partial charge in [-0.15, -0.1) is 5.10 Å². The molecule has 0 unspecified atom stereocenters. The van der Waals surface area contributed by atoms with Gasteiger partial charge in [0.1, 0.15) is 5.69 Å². The van der Waals surface area contributed by atoms with Gasteiger partial charge < -0.3 is 0 Å². The molecule has 1 heterocycles. The van der Waals surface area contributed by atoms with Gasteiger partial charge in [-0.3, -0.25) is 5.43 Å². The topological polar surface area (TPSA) is 63.1 Å². The first-order valence-electron chi connectivity index (χ1n) is 7.50. The van der Waals surface area contributed by atoms with Crippen molar-refractivity contribution in [3.8, 4) is 11.4 Å². The lowest BCUT2D eigenvalue weighted by molar-refractivity contribution is 0.966. The second-order valence-electron chi connectivity index (χ2n) is 4.92. The number of aromatic nitrogens is 3. The average molecular weight is 303 g/mol. The third-order valence-corrected chi connectivity index (χ3v) is 3.32. The van der Waals surface area contributed by atoms with Crippen molar-refractivity contribution in [2.45, 2.75) is 13.3 Å². The van der Waals surface area contributed by atoms with Crippen LogP contribution in [-0.2, 0) is 0 Å². The van der Waals surface area contributed by atoms with Gasteiger partial charge in [0, 0.05) is 5.56 Å². The van der Waals surface area contributed by atoms with Gasteiger partial charge in [-0.05, 0) is 18.6 Å². The predicted molar refractivity (Wildman–Crippen MR) is 92.2 cm³/mol. The van der Waals surface area contributed by atoms with Crippen molar-refractivity contribution in [1.29, 1.82) is 0 Å². The summed E-state index contributed by atoms with van der Waals surface area (Å²) in [6, 6.07) is 19.6. The highest BCUT2D eigenvalue weighted by molar-refractivity contribution is 5.99. The highest BCUT2D eigenvalue weighted by atomic mass is 15.3. The molecule has 2 aromatic carbocycles. The normalized spacial score (nSPS) is 11.3. The second kappa shape index (κ2) is 7.26. The van der Waals surface area contributed by atoms with E-state index in [4.69, 9.17) is 0 Å². The smallest absolute Gasteiger partial charge is 0.182 e. The van der Waals surface area contributed by atoms with Crippen LogP contribution in [0.25, 0.3) is 11.4 Å². The minimum atomic E-state index is 0.601. The number of hydrazone groups is 1. The van der Waals surface area contributed by atoms with E-state index in [1.807, 2.05) is 67.6 Å². The second-order valence-corrected chi connectivity index (χ2v) is 4.92. The molecule has 0 amide bonds. The van der Waals surface area contributed by atoms with E-state index >= 15 is 0 Å². The van der Waals surface area contributed by atoms with Crippen LogP contribution in [0.3, 0.4) is 0 Å². The number of nitrogens with one attached hydrogen (secondary N) is 1. The molecule has 0 atom stereocenters. The van der Waals surface area contributed by atoms with Gasteiger partial charge in [-0.2, -0.15) is 10.2 Å². The fourth-order valence-electron chi connectivity index (χ4n) is 2.11. The quantitative estimate of drug-likeness (QED) is 0.576. The Morgan fingerprint density at radius 1 is 1.00 bits per heavy atom. The Balaban J connectivity index is 1.87. The summed E-state index contributed by atoms with van der Waals surface area (Å²) in [4.78, 5) is 4.58. The van der Waals surface area contributed by atoms with Crippen molar-refractivity contribution in [3.63, 3.8) is 0 Å². The zero-order chi connectivity index (χ0) is 15.9. The highest BCUT2D eigenvalue weighted by Crippen LogP contribution is 2.14. The average Bonchev–Trinajstić information content (AvgIpc) is 2.64. The molecule has 0 spiro atoms. The molecule has 0 aliphatic rings. The number of rotatable bonds is 5. The number of nitrogens with zero attached hydrogens (tertiary/aromatic N) is 4. The SMILES string of the molecule is CC/C(=N\Nc1ccccc1)c1cnnc(-c2ccccc2)n1. The van der Waals surface area contributed by atoms with E-state index in [1.165, 1.54) is 0 Å². The molecule has 3 aromatic rings. The summed E-state index contributed by atoms with van der Waals surface area (Å²) in [5.74, 6) is 0.601. The van der Waals surface area contributed by atoms with Gasteiger partial charge in [0.15, 0.2) is 5.82 Å². The van der Waals surface area contributed by atoms with Gasteiger partial charge in [0.2, 0.25) is 0 Å². The Labute approximate surface area is 135 Å². The minimum Gasteiger partial charge on any atom is -0.278 e. The highest BCUT2D eigenvalue weighted by Gasteiger charge is 2.08. The van der Waals surface area contributed by atoms with E-state index in [0.29, 0.717) is 5.82 Å². The van der Waals surface area contributed by atoms with Gasteiger partial charge >= 0.3 is 0 Å². The van der Waals surface area contributed by atoms with Gasteiger partial charge in [0.25, 0.3) is 0 Å².